The first kappa shape index (κ1) is 16.5. The molecule has 2 aromatic rings. The number of urea groups is 1. The Morgan fingerprint density at radius 2 is 2.17 bits per heavy atom. The second-order valence-corrected chi connectivity index (χ2v) is 7.80. The first-order valence-electron chi connectivity index (χ1n) is 8.02. The molecule has 1 fully saturated rings. The fraction of sp³-hybridized carbons (Fsp3) is 0.389. The Labute approximate surface area is 149 Å². The van der Waals surface area contributed by atoms with E-state index in [1.807, 2.05) is 30.0 Å². The first-order valence-corrected chi connectivity index (χ1v) is 9.69. The van der Waals surface area contributed by atoms with Gasteiger partial charge in [-0.3, -0.25) is 0 Å². The molecule has 0 aliphatic carbocycles. The predicted octanol–water partition coefficient (Wildman–Crippen LogP) is 5.97. The van der Waals surface area contributed by atoms with E-state index in [-0.39, 0.29) is 12.1 Å². The number of hydrogen-bond acceptors (Lipinski definition) is 2. The van der Waals surface area contributed by atoms with Gasteiger partial charge in [0.05, 0.1) is 6.04 Å². The molecule has 0 unspecified atom stereocenters. The Kier molecular flexibility index (Phi) is 5.38. The van der Waals surface area contributed by atoms with Crippen molar-refractivity contribution in [3.8, 4) is 0 Å². The summed E-state index contributed by atoms with van der Waals surface area (Å²) in [5, 5.41) is 5.16. The molecule has 1 saturated heterocycles. The smallest absolute Gasteiger partial charge is 0.317 e. The summed E-state index contributed by atoms with van der Waals surface area (Å²) < 4.78 is 1.06. The Bertz CT molecular complexity index is 672. The molecule has 0 saturated carbocycles. The van der Waals surface area contributed by atoms with Gasteiger partial charge in [0.15, 0.2) is 0 Å². The number of hydrogen-bond donors (Lipinski definition) is 1. The van der Waals surface area contributed by atoms with E-state index in [0.717, 1.165) is 35.1 Å². The number of thiophene rings is 1. The van der Waals surface area contributed by atoms with Crippen molar-refractivity contribution in [2.45, 2.75) is 38.6 Å². The van der Waals surface area contributed by atoms with Gasteiger partial charge in [0.2, 0.25) is 0 Å². The zero-order valence-corrected chi connectivity index (χ0v) is 15.6. The Morgan fingerprint density at radius 1 is 1.30 bits per heavy atom. The van der Waals surface area contributed by atoms with Crippen molar-refractivity contribution in [1.82, 2.24) is 4.90 Å². The van der Waals surface area contributed by atoms with Gasteiger partial charge in [0.1, 0.15) is 0 Å². The molecule has 1 atom stereocenters. The van der Waals surface area contributed by atoms with Crippen molar-refractivity contribution >= 4 is 39.0 Å². The number of anilines is 1. The third kappa shape index (κ3) is 3.96. The summed E-state index contributed by atoms with van der Waals surface area (Å²) in [5.74, 6) is 0. The molecule has 2 amide bonds. The van der Waals surface area contributed by atoms with Crippen LogP contribution in [0.5, 0.6) is 0 Å². The quantitative estimate of drug-likeness (QED) is 0.670. The minimum Gasteiger partial charge on any atom is -0.317 e. The van der Waals surface area contributed by atoms with E-state index in [9.17, 15) is 4.79 Å². The highest BCUT2D eigenvalue weighted by atomic mass is 79.9. The Hall–Kier alpha value is -1.33. The van der Waals surface area contributed by atoms with Crippen molar-refractivity contribution in [1.29, 1.82) is 0 Å². The second kappa shape index (κ2) is 7.49. The van der Waals surface area contributed by atoms with Gasteiger partial charge in [-0.1, -0.05) is 34.8 Å². The third-order valence-corrected chi connectivity index (χ3v) is 6.16. The van der Waals surface area contributed by atoms with Gasteiger partial charge in [-0.25, -0.2) is 4.79 Å². The lowest BCUT2D eigenvalue weighted by Crippen LogP contribution is -2.37. The molecule has 0 spiro atoms. The van der Waals surface area contributed by atoms with Crippen LogP contribution in [0.25, 0.3) is 0 Å². The second-order valence-electron chi connectivity index (χ2n) is 5.97. The molecule has 3 rings (SSSR count). The average molecular weight is 393 g/mol. The average Bonchev–Trinajstić information content (AvgIpc) is 2.95. The van der Waals surface area contributed by atoms with Crippen LogP contribution in [0.3, 0.4) is 0 Å². The van der Waals surface area contributed by atoms with E-state index in [1.165, 1.54) is 17.7 Å². The monoisotopic (exact) mass is 392 g/mol. The van der Waals surface area contributed by atoms with Crippen molar-refractivity contribution in [3.63, 3.8) is 0 Å². The number of nitrogens with zero attached hydrogens (tertiary/aromatic N) is 1. The van der Waals surface area contributed by atoms with Crippen LogP contribution >= 0.6 is 27.3 Å². The molecule has 122 valence electrons. The number of likely N-dealkylation sites (tertiary alicyclic amines) is 1. The standard InChI is InChI=1S/C18H21BrN2OS/c1-13-12-14(8-9-15(13)19)20-18(22)21-10-4-2-3-6-16(21)17-7-5-11-23-17/h5,7-9,11-12,16H,2-4,6,10H2,1H3,(H,20,22)/t16-/m1/s1. The highest BCUT2D eigenvalue weighted by Gasteiger charge is 2.27. The number of rotatable bonds is 2. The lowest BCUT2D eigenvalue weighted by molar-refractivity contribution is 0.190. The number of amides is 2. The van der Waals surface area contributed by atoms with E-state index >= 15 is 0 Å². The summed E-state index contributed by atoms with van der Waals surface area (Å²) in [4.78, 5) is 16.1. The Balaban J connectivity index is 1.78. The van der Waals surface area contributed by atoms with Gasteiger partial charge in [0.25, 0.3) is 0 Å². The van der Waals surface area contributed by atoms with Gasteiger partial charge in [-0.2, -0.15) is 0 Å². The number of carbonyl (C=O) groups excluding carboxylic acids is 1. The van der Waals surface area contributed by atoms with Crippen LogP contribution in [0.15, 0.2) is 40.2 Å². The van der Waals surface area contributed by atoms with E-state index in [4.69, 9.17) is 0 Å². The highest BCUT2D eigenvalue weighted by molar-refractivity contribution is 9.10. The summed E-state index contributed by atoms with van der Waals surface area (Å²) in [5.41, 5.74) is 1.97. The normalized spacial score (nSPS) is 18.5. The molecule has 5 heteroatoms. The highest BCUT2D eigenvalue weighted by Crippen LogP contribution is 2.33. The minimum atomic E-state index is 0.00650. The largest absolute Gasteiger partial charge is 0.322 e. The van der Waals surface area contributed by atoms with Gasteiger partial charge in [0, 0.05) is 21.6 Å². The van der Waals surface area contributed by atoms with Crippen molar-refractivity contribution in [2.75, 3.05) is 11.9 Å². The number of benzene rings is 1. The molecule has 1 aromatic heterocycles. The van der Waals surface area contributed by atoms with Gasteiger partial charge >= 0.3 is 6.03 Å². The van der Waals surface area contributed by atoms with Gasteiger partial charge < -0.3 is 10.2 Å². The molecule has 23 heavy (non-hydrogen) atoms. The van der Waals surface area contributed by atoms with Crippen LogP contribution < -0.4 is 5.32 Å². The summed E-state index contributed by atoms with van der Waals surface area (Å²) in [6, 6.07) is 10.3. The van der Waals surface area contributed by atoms with Crippen molar-refractivity contribution in [3.05, 3.63) is 50.6 Å². The molecule has 2 heterocycles. The van der Waals surface area contributed by atoms with E-state index in [1.54, 1.807) is 11.3 Å². The maximum Gasteiger partial charge on any atom is 0.322 e. The van der Waals surface area contributed by atoms with E-state index in [2.05, 4.69) is 38.8 Å². The lowest BCUT2D eigenvalue weighted by atomic mass is 10.1. The number of nitrogens with one attached hydrogen (secondary N) is 1. The third-order valence-electron chi connectivity index (χ3n) is 4.29. The SMILES string of the molecule is Cc1cc(NC(=O)N2CCCCC[C@@H]2c2cccs2)ccc1Br. The molecule has 1 aliphatic rings. The molecule has 1 aromatic carbocycles. The van der Waals surface area contributed by atoms with Crippen LogP contribution in [-0.2, 0) is 0 Å². The molecule has 3 nitrogen and oxygen atoms in total. The van der Waals surface area contributed by atoms with Gasteiger partial charge in [-0.15, -0.1) is 11.3 Å². The van der Waals surface area contributed by atoms with E-state index < -0.39 is 0 Å². The molecule has 1 aliphatic heterocycles. The molecule has 1 N–H and O–H groups in total. The molecule has 0 radical (unpaired) electrons. The van der Waals surface area contributed by atoms with Gasteiger partial charge in [-0.05, 0) is 55.0 Å². The summed E-state index contributed by atoms with van der Waals surface area (Å²) in [6.07, 6.45) is 4.51. The molecular weight excluding hydrogens is 372 g/mol. The zero-order valence-electron chi connectivity index (χ0n) is 13.2. The summed E-state index contributed by atoms with van der Waals surface area (Å²) in [7, 11) is 0. The number of aryl methyl sites for hydroxylation is 1. The molecule has 0 bridgehead atoms. The van der Waals surface area contributed by atoms with Crippen LogP contribution in [0.1, 0.15) is 42.2 Å². The molecular formula is C18H21BrN2OS. The van der Waals surface area contributed by atoms with Crippen LogP contribution in [0, 0.1) is 6.92 Å². The maximum atomic E-state index is 12.8. The van der Waals surface area contributed by atoms with Crippen LogP contribution in [0.2, 0.25) is 0 Å². The van der Waals surface area contributed by atoms with E-state index in [0.29, 0.717) is 0 Å². The number of halogens is 1. The van der Waals surface area contributed by atoms with Crippen molar-refractivity contribution in [2.24, 2.45) is 0 Å². The maximum absolute atomic E-state index is 12.8. The lowest BCUT2D eigenvalue weighted by Gasteiger charge is -2.29. The minimum absolute atomic E-state index is 0.00650. The first-order chi connectivity index (χ1) is 11.1. The fourth-order valence-electron chi connectivity index (χ4n) is 3.05. The summed E-state index contributed by atoms with van der Waals surface area (Å²) in [6.45, 7) is 2.85. The summed E-state index contributed by atoms with van der Waals surface area (Å²) >= 11 is 5.24. The Morgan fingerprint density at radius 3 is 2.91 bits per heavy atom. The predicted molar refractivity (Wildman–Crippen MR) is 100 cm³/mol. The zero-order chi connectivity index (χ0) is 16.2. The fourth-order valence-corrected chi connectivity index (χ4v) is 4.17. The topological polar surface area (TPSA) is 32.3 Å². The van der Waals surface area contributed by atoms with Crippen molar-refractivity contribution < 1.29 is 4.79 Å². The van der Waals surface area contributed by atoms with Crippen LogP contribution in [-0.4, -0.2) is 17.5 Å². The van der Waals surface area contributed by atoms with Crippen LogP contribution in [0.4, 0.5) is 10.5 Å². The number of carbonyl (C=O) groups is 1.